The number of rotatable bonds is 8. The van der Waals surface area contributed by atoms with E-state index in [9.17, 15) is 14.9 Å². The lowest BCUT2D eigenvalue weighted by atomic mass is 10.2. The van der Waals surface area contributed by atoms with Crippen LogP contribution in [0.2, 0.25) is 0 Å². The first-order valence-electron chi connectivity index (χ1n) is 6.27. The van der Waals surface area contributed by atoms with Crippen LogP contribution in [0.1, 0.15) is 26.2 Å². The van der Waals surface area contributed by atoms with Crippen LogP contribution in [0.5, 0.6) is 5.75 Å². The van der Waals surface area contributed by atoms with Crippen LogP contribution in [-0.2, 0) is 4.79 Å². The highest BCUT2D eigenvalue weighted by Gasteiger charge is 2.06. The molecular formula is C13H18N2O4. The number of nitrogens with one attached hydrogen (secondary N) is 1. The fraction of sp³-hybridized carbons (Fsp3) is 0.462. The molecule has 1 amide bonds. The van der Waals surface area contributed by atoms with E-state index in [0.29, 0.717) is 12.3 Å². The Hall–Kier alpha value is -2.11. The highest BCUT2D eigenvalue weighted by Crippen LogP contribution is 2.16. The van der Waals surface area contributed by atoms with Crippen molar-refractivity contribution in [3.05, 3.63) is 34.4 Å². The van der Waals surface area contributed by atoms with Crippen LogP contribution in [0.15, 0.2) is 24.3 Å². The van der Waals surface area contributed by atoms with E-state index in [0.717, 1.165) is 19.3 Å². The maximum absolute atomic E-state index is 11.4. The number of unbranched alkanes of at least 4 members (excludes halogenated alkanes) is 2. The summed E-state index contributed by atoms with van der Waals surface area (Å²) in [6.07, 6.45) is 3.15. The highest BCUT2D eigenvalue weighted by molar-refractivity contribution is 5.77. The molecule has 0 heterocycles. The highest BCUT2D eigenvalue weighted by atomic mass is 16.6. The summed E-state index contributed by atoms with van der Waals surface area (Å²) >= 11 is 0. The molecule has 0 fully saturated rings. The molecule has 0 aliphatic carbocycles. The number of amides is 1. The van der Waals surface area contributed by atoms with Gasteiger partial charge in [-0.1, -0.05) is 19.8 Å². The number of carbonyl (C=O) groups is 1. The molecule has 1 aromatic rings. The predicted molar refractivity (Wildman–Crippen MR) is 71.1 cm³/mol. The quantitative estimate of drug-likeness (QED) is 0.444. The Morgan fingerprint density at radius 3 is 2.58 bits per heavy atom. The molecule has 0 saturated heterocycles. The number of carbonyl (C=O) groups excluding carboxylic acids is 1. The molecule has 104 valence electrons. The Balaban J connectivity index is 2.28. The number of hydrogen-bond acceptors (Lipinski definition) is 4. The Kier molecular flexibility index (Phi) is 6.35. The maximum atomic E-state index is 11.4. The van der Waals surface area contributed by atoms with Crippen LogP contribution < -0.4 is 10.1 Å². The van der Waals surface area contributed by atoms with E-state index in [1.807, 2.05) is 0 Å². The third kappa shape index (κ3) is 5.85. The van der Waals surface area contributed by atoms with Crippen molar-refractivity contribution in [2.24, 2.45) is 0 Å². The number of nitro benzene ring substituents is 1. The second-order valence-electron chi connectivity index (χ2n) is 4.10. The van der Waals surface area contributed by atoms with E-state index in [1.54, 1.807) is 0 Å². The molecule has 19 heavy (non-hydrogen) atoms. The van der Waals surface area contributed by atoms with Crippen molar-refractivity contribution in [3.8, 4) is 5.75 Å². The van der Waals surface area contributed by atoms with Gasteiger partial charge in [0.2, 0.25) is 0 Å². The summed E-state index contributed by atoms with van der Waals surface area (Å²) in [5, 5.41) is 13.2. The van der Waals surface area contributed by atoms with Crippen LogP contribution in [0.4, 0.5) is 5.69 Å². The molecule has 1 N–H and O–H groups in total. The third-order valence-electron chi connectivity index (χ3n) is 2.52. The van der Waals surface area contributed by atoms with Gasteiger partial charge in [0, 0.05) is 18.7 Å². The Bertz CT molecular complexity index is 417. The SMILES string of the molecule is CCCCCNC(=O)COc1ccc([N+](=O)[O-])cc1. The zero-order chi connectivity index (χ0) is 14.1. The lowest BCUT2D eigenvalue weighted by molar-refractivity contribution is -0.384. The second kappa shape index (κ2) is 8.07. The van der Waals surface area contributed by atoms with Gasteiger partial charge in [-0.15, -0.1) is 0 Å². The summed E-state index contributed by atoms with van der Waals surface area (Å²) < 4.78 is 5.22. The molecule has 0 spiro atoms. The molecule has 0 aromatic heterocycles. The average Bonchev–Trinajstić information content (AvgIpc) is 2.42. The van der Waals surface area contributed by atoms with E-state index in [1.165, 1.54) is 24.3 Å². The summed E-state index contributed by atoms with van der Waals surface area (Å²) in [7, 11) is 0. The van der Waals surface area contributed by atoms with Crippen LogP contribution in [-0.4, -0.2) is 24.0 Å². The fourth-order valence-electron chi connectivity index (χ4n) is 1.47. The summed E-state index contributed by atoms with van der Waals surface area (Å²) in [4.78, 5) is 21.4. The number of nitrogens with zero attached hydrogens (tertiary/aromatic N) is 1. The van der Waals surface area contributed by atoms with E-state index in [2.05, 4.69) is 12.2 Å². The molecule has 1 aromatic carbocycles. The predicted octanol–water partition coefficient (Wildman–Crippen LogP) is 2.28. The van der Waals surface area contributed by atoms with E-state index in [4.69, 9.17) is 4.74 Å². The van der Waals surface area contributed by atoms with Crippen LogP contribution >= 0.6 is 0 Å². The minimum Gasteiger partial charge on any atom is -0.484 e. The topological polar surface area (TPSA) is 81.5 Å². The number of ether oxygens (including phenoxy) is 1. The summed E-state index contributed by atoms with van der Waals surface area (Å²) in [5.41, 5.74) is -0.00336. The van der Waals surface area contributed by atoms with Crippen molar-refractivity contribution >= 4 is 11.6 Å². The van der Waals surface area contributed by atoms with Crippen molar-refractivity contribution in [1.82, 2.24) is 5.32 Å². The normalized spacial score (nSPS) is 9.95. The van der Waals surface area contributed by atoms with Gasteiger partial charge in [0.05, 0.1) is 4.92 Å². The van der Waals surface area contributed by atoms with Gasteiger partial charge in [0.15, 0.2) is 6.61 Å². The number of non-ortho nitro benzene ring substituents is 1. The van der Waals surface area contributed by atoms with Gasteiger partial charge in [-0.3, -0.25) is 14.9 Å². The molecule has 0 aliphatic rings. The minimum atomic E-state index is -0.482. The van der Waals surface area contributed by atoms with Gasteiger partial charge in [0.25, 0.3) is 11.6 Å². The Morgan fingerprint density at radius 2 is 2.00 bits per heavy atom. The summed E-state index contributed by atoms with van der Waals surface area (Å²) in [6, 6.07) is 5.63. The molecule has 0 unspecified atom stereocenters. The standard InChI is InChI=1S/C13H18N2O4/c1-2-3-4-9-14-13(16)10-19-12-7-5-11(6-8-12)15(17)18/h5-8H,2-4,9-10H2,1H3,(H,14,16). The van der Waals surface area contributed by atoms with Crippen molar-refractivity contribution in [1.29, 1.82) is 0 Å². The van der Waals surface area contributed by atoms with Crippen molar-refractivity contribution in [3.63, 3.8) is 0 Å². The largest absolute Gasteiger partial charge is 0.484 e. The third-order valence-corrected chi connectivity index (χ3v) is 2.52. The van der Waals surface area contributed by atoms with Gasteiger partial charge in [0.1, 0.15) is 5.75 Å². The summed E-state index contributed by atoms with van der Waals surface area (Å²) in [5.74, 6) is 0.253. The van der Waals surface area contributed by atoms with Crippen molar-refractivity contribution < 1.29 is 14.5 Å². The second-order valence-corrected chi connectivity index (χ2v) is 4.10. The zero-order valence-corrected chi connectivity index (χ0v) is 10.9. The van der Waals surface area contributed by atoms with Gasteiger partial charge in [-0.05, 0) is 18.6 Å². The molecule has 0 aliphatic heterocycles. The molecule has 0 atom stereocenters. The first-order chi connectivity index (χ1) is 9.13. The fourth-order valence-corrected chi connectivity index (χ4v) is 1.47. The molecule has 0 radical (unpaired) electrons. The van der Waals surface area contributed by atoms with E-state index in [-0.39, 0.29) is 18.2 Å². The van der Waals surface area contributed by atoms with Crippen LogP contribution in [0.25, 0.3) is 0 Å². The van der Waals surface area contributed by atoms with Gasteiger partial charge >= 0.3 is 0 Å². The number of nitro groups is 1. The molecule has 6 nitrogen and oxygen atoms in total. The first-order valence-corrected chi connectivity index (χ1v) is 6.27. The minimum absolute atomic E-state index is 0.00336. The van der Waals surface area contributed by atoms with E-state index < -0.39 is 4.92 Å². The lowest BCUT2D eigenvalue weighted by Gasteiger charge is -2.07. The molecular weight excluding hydrogens is 248 g/mol. The molecule has 1 rings (SSSR count). The Morgan fingerprint density at radius 1 is 1.32 bits per heavy atom. The van der Waals surface area contributed by atoms with E-state index >= 15 is 0 Å². The number of hydrogen-bond donors (Lipinski definition) is 1. The van der Waals surface area contributed by atoms with Gasteiger partial charge < -0.3 is 10.1 Å². The smallest absolute Gasteiger partial charge is 0.269 e. The van der Waals surface area contributed by atoms with Crippen LogP contribution in [0.3, 0.4) is 0 Å². The average molecular weight is 266 g/mol. The first kappa shape index (κ1) is 14.9. The zero-order valence-electron chi connectivity index (χ0n) is 10.9. The van der Waals surface area contributed by atoms with Crippen molar-refractivity contribution in [2.75, 3.05) is 13.2 Å². The molecule has 0 bridgehead atoms. The van der Waals surface area contributed by atoms with Crippen LogP contribution in [0, 0.1) is 10.1 Å². The number of benzene rings is 1. The monoisotopic (exact) mass is 266 g/mol. The van der Waals surface area contributed by atoms with Gasteiger partial charge in [-0.2, -0.15) is 0 Å². The molecule has 6 heteroatoms. The molecule has 0 saturated carbocycles. The summed E-state index contributed by atoms with van der Waals surface area (Å²) in [6.45, 7) is 2.67. The Labute approximate surface area is 111 Å². The van der Waals surface area contributed by atoms with Crippen molar-refractivity contribution in [2.45, 2.75) is 26.2 Å². The lowest BCUT2D eigenvalue weighted by Crippen LogP contribution is -2.29. The van der Waals surface area contributed by atoms with Gasteiger partial charge in [-0.25, -0.2) is 0 Å². The maximum Gasteiger partial charge on any atom is 0.269 e.